The molecule has 138 valence electrons. The van der Waals surface area contributed by atoms with Crippen LogP contribution in [0.5, 0.6) is 5.75 Å². The minimum absolute atomic E-state index is 0.214. The molecule has 2 atom stereocenters. The Morgan fingerprint density at radius 1 is 1.20 bits per heavy atom. The molecule has 2 aliphatic rings. The zero-order valence-corrected chi connectivity index (χ0v) is 15.4. The summed E-state index contributed by atoms with van der Waals surface area (Å²) in [6, 6.07) is 9.56. The van der Waals surface area contributed by atoms with Crippen molar-refractivity contribution in [2.24, 2.45) is 5.92 Å². The molecule has 1 amide bonds. The van der Waals surface area contributed by atoms with Gasteiger partial charge in [0, 0.05) is 25.0 Å². The SMILES string of the molecule is CCCCOc1ccc(CCNC(=O)CC2CC3CCC(C2)N3)cc1. The first-order chi connectivity index (χ1) is 12.2. The van der Waals surface area contributed by atoms with Crippen molar-refractivity contribution in [2.75, 3.05) is 13.2 Å². The van der Waals surface area contributed by atoms with Crippen LogP contribution in [-0.4, -0.2) is 31.1 Å². The molecule has 0 spiro atoms. The van der Waals surface area contributed by atoms with E-state index in [0.717, 1.165) is 31.6 Å². The van der Waals surface area contributed by atoms with Gasteiger partial charge in [-0.1, -0.05) is 25.5 Å². The van der Waals surface area contributed by atoms with Crippen molar-refractivity contribution in [1.29, 1.82) is 0 Å². The number of amides is 1. The van der Waals surface area contributed by atoms with Gasteiger partial charge in [-0.3, -0.25) is 4.79 Å². The third kappa shape index (κ3) is 5.74. The molecule has 0 saturated carbocycles. The summed E-state index contributed by atoms with van der Waals surface area (Å²) < 4.78 is 5.68. The maximum Gasteiger partial charge on any atom is 0.220 e. The molecule has 1 aromatic rings. The van der Waals surface area contributed by atoms with Gasteiger partial charge in [0.15, 0.2) is 0 Å². The topological polar surface area (TPSA) is 50.4 Å². The summed E-state index contributed by atoms with van der Waals surface area (Å²) in [4.78, 5) is 12.2. The van der Waals surface area contributed by atoms with Crippen LogP contribution in [0, 0.1) is 5.92 Å². The Morgan fingerprint density at radius 3 is 2.60 bits per heavy atom. The summed E-state index contributed by atoms with van der Waals surface area (Å²) in [5.74, 6) is 1.71. The lowest BCUT2D eigenvalue weighted by molar-refractivity contribution is -0.122. The van der Waals surface area contributed by atoms with Crippen molar-refractivity contribution in [2.45, 2.75) is 70.4 Å². The predicted molar refractivity (Wildman–Crippen MR) is 101 cm³/mol. The van der Waals surface area contributed by atoms with Gasteiger partial charge < -0.3 is 15.4 Å². The van der Waals surface area contributed by atoms with Gasteiger partial charge in [0.05, 0.1) is 6.61 Å². The minimum atomic E-state index is 0.214. The van der Waals surface area contributed by atoms with Gasteiger partial charge in [0.1, 0.15) is 5.75 Å². The molecule has 2 fully saturated rings. The second-order valence-electron chi connectivity index (χ2n) is 7.63. The number of benzene rings is 1. The third-order valence-electron chi connectivity index (χ3n) is 5.47. The van der Waals surface area contributed by atoms with Gasteiger partial charge >= 0.3 is 0 Å². The Kier molecular flexibility index (Phi) is 6.74. The van der Waals surface area contributed by atoms with E-state index in [9.17, 15) is 4.79 Å². The fourth-order valence-corrected chi connectivity index (χ4v) is 4.11. The summed E-state index contributed by atoms with van der Waals surface area (Å²) in [5, 5.41) is 6.73. The highest BCUT2D eigenvalue weighted by Crippen LogP contribution is 2.32. The molecule has 0 aliphatic carbocycles. The number of nitrogens with one attached hydrogen (secondary N) is 2. The van der Waals surface area contributed by atoms with Crippen LogP contribution in [0.4, 0.5) is 0 Å². The number of rotatable bonds is 9. The van der Waals surface area contributed by atoms with Crippen LogP contribution < -0.4 is 15.4 Å². The van der Waals surface area contributed by atoms with Gasteiger partial charge in [-0.25, -0.2) is 0 Å². The second kappa shape index (κ2) is 9.23. The first-order valence-corrected chi connectivity index (χ1v) is 9.97. The summed E-state index contributed by atoms with van der Waals surface area (Å²) in [5.41, 5.74) is 1.24. The van der Waals surface area contributed by atoms with E-state index in [1.807, 2.05) is 12.1 Å². The van der Waals surface area contributed by atoms with Crippen LogP contribution in [0.3, 0.4) is 0 Å². The van der Waals surface area contributed by atoms with Crippen LogP contribution in [-0.2, 0) is 11.2 Å². The van der Waals surface area contributed by atoms with Crippen LogP contribution in [0.2, 0.25) is 0 Å². The highest BCUT2D eigenvalue weighted by atomic mass is 16.5. The Hall–Kier alpha value is -1.55. The molecular weight excluding hydrogens is 312 g/mol. The Balaban J connectivity index is 1.32. The number of piperidine rings is 1. The fraction of sp³-hybridized carbons (Fsp3) is 0.667. The Bertz CT molecular complexity index is 531. The van der Waals surface area contributed by atoms with Crippen molar-refractivity contribution >= 4 is 5.91 Å². The Morgan fingerprint density at radius 2 is 1.92 bits per heavy atom. The highest BCUT2D eigenvalue weighted by molar-refractivity contribution is 5.76. The molecule has 2 bridgehead atoms. The van der Waals surface area contributed by atoms with Gasteiger partial charge in [0.25, 0.3) is 0 Å². The molecule has 2 aliphatic heterocycles. The zero-order valence-electron chi connectivity index (χ0n) is 15.4. The lowest BCUT2D eigenvalue weighted by atomic mass is 9.89. The molecule has 4 heteroatoms. The lowest BCUT2D eigenvalue weighted by Crippen LogP contribution is -2.39. The maximum atomic E-state index is 12.2. The Labute approximate surface area is 151 Å². The van der Waals surface area contributed by atoms with Gasteiger partial charge in [-0.15, -0.1) is 0 Å². The average Bonchev–Trinajstić information content (AvgIpc) is 2.95. The number of ether oxygens (including phenoxy) is 1. The van der Waals surface area contributed by atoms with E-state index in [-0.39, 0.29) is 5.91 Å². The predicted octanol–water partition coefficient (Wildman–Crippen LogP) is 3.44. The molecule has 0 aromatic heterocycles. The van der Waals surface area contributed by atoms with Gasteiger partial charge in [0.2, 0.25) is 5.91 Å². The van der Waals surface area contributed by atoms with Crippen molar-refractivity contribution in [3.05, 3.63) is 29.8 Å². The van der Waals surface area contributed by atoms with Crippen LogP contribution in [0.25, 0.3) is 0 Å². The van der Waals surface area contributed by atoms with Crippen LogP contribution in [0.1, 0.15) is 57.4 Å². The smallest absolute Gasteiger partial charge is 0.220 e. The summed E-state index contributed by atoms with van der Waals surface area (Å²) in [6.45, 7) is 3.66. The summed E-state index contributed by atoms with van der Waals surface area (Å²) in [6.07, 6.45) is 8.73. The maximum absolute atomic E-state index is 12.2. The van der Waals surface area contributed by atoms with Gasteiger partial charge in [-0.05, 0) is 62.1 Å². The minimum Gasteiger partial charge on any atom is -0.494 e. The molecule has 2 unspecified atom stereocenters. The fourth-order valence-electron chi connectivity index (χ4n) is 4.11. The van der Waals surface area contributed by atoms with E-state index in [1.165, 1.54) is 31.2 Å². The first-order valence-electron chi connectivity index (χ1n) is 9.97. The molecular formula is C21H32N2O2. The summed E-state index contributed by atoms with van der Waals surface area (Å²) in [7, 11) is 0. The third-order valence-corrected chi connectivity index (χ3v) is 5.47. The zero-order chi connectivity index (χ0) is 17.5. The number of carbonyl (C=O) groups excluding carboxylic acids is 1. The van der Waals surface area contributed by atoms with E-state index < -0.39 is 0 Å². The quantitative estimate of drug-likeness (QED) is 0.675. The van der Waals surface area contributed by atoms with E-state index in [2.05, 4.69) is 29.7 Å². The van der Waals surface area contributed by atoms with Crippen molar-refractivity contribution < 1.29 is 9.53 Å². The molecule has 0 radical (unpaired) electrons. The van der Waals surface area contributed by atoms with E-state index in [1.54, 1.807) is 0 Å². The number of fused-ring (bicyclic) bond motifs is 2. The van der Waals surface area contributed by atoms with Crippen molar-refractivity contribution in [3.8, 4) is 5.75 Å². The number of carbonyl (C=O) groups is 1. The molecule has 2 saturated heterocycles. The second-order valence-corrected chi connectivity index (χ2v) is 7.63. The molecule has 2 N–H and O–H groups in total. The number of hydrogen-bond acceptors (Lipinski definition) is 3. The molecule has 2 heterocycles. The first kappa shape index (κ1) is 18.2. The normalized spacial score (nSPS) is 24.9. The van der Waals surface area contributed by atoms with E-state index in [4.69, 9.17) is 4.74 Å². The number of hydrogen-bond donors (Lipinski definition) is 2. The molecule has 1 aromatic carbocycles. The molecule has 3 rings (SSSR count). The highest BCUT2D eigenvalue weighted by Gasteiger charge is 2.33. The lowest BCUT2D eigenvalue weighted by Gasteiger charge is -2.28. The summed E-state index contributed by atoms with van der Waals surface area (Å²) >= 11 is 0. The monoisotopic (exact) mass is 344 g/mol. The van der Waals surface area contributed by atoms with Crippen LogP contribution in [0.15, 0.2) is 24.3 Å². The molecule has 25 heavy (non-hydrogen) atoms. The number of unbranched alkanes of at least 4 members (excludes halogenated alkanes) is 1. The van der Waals surface area contributed by atoms with E-state index >= 15 is 0 Å². The van der Waals surface area contributed by atoms with Crippen LogP contribution >= 0.6 is 0 Å². The van der Waals surface area contributed by atoms with Crippen molar-refractivity contribution in [1.82, 2.24) is 10.6 Å². The van der Waals surface area contributed by atoms with Crippen molar-refractivity contribution in [3.63, 3.8) is 0 Å². The largest absolute Gasteiger partial charge is 0.494 e. The van der Waals surface area contributed by atoms with E-state index in [0.29, 0.717) is 31.0 Å². The molecule has 4 nitrogen and oxygen atoms in total. The average molecular weight is 344 g/mol. The standard InChI is InChI=1S/C21H32N2O2/c1-2-3-12-25-20-8-4-16(5-9-20)10-11-22-21(24)15-17-13-18-6-7-19(14-17)23-18/h4-5,8-9,17-19,23H,2-3,6-7,10-15H2,1H3,(H,22,24). The van der Waals surface area contributed by atoms with Gasteiger partial charge in [-0.2, -0.15) is 0 Å².